The zero-order valence-corrected chi connectivity index (χ0v) is 25.2. The van der Waals surface area contributed by atoms with Crippen molar-refractivity contribution in [3.63, 3.8) is 0 Å². The molecule has 0 fully saturated rings. The van der Waals surface area contributed by atoms with Gasteiger partial charge in [-0.3, -0.25) is 4.79 Å². The van der Waals surface area contributed by atoms with Crippen LogP contribution in [0.5, 0.6) is 0 Å². The van der Waals surface area contributed by atoms with E-state index < -0.39 is 5.54 Å². The molecule has 200 valence electrons. The molecule has 0 bridgehead atoms. The van der Waals surface area contributed by atoms with Gasteiger partial charge in [0.1, 0.15) is 6.29 Å². The lowest BCUT2D eigenvalue weighted by atomic mass is 9.94. The summed E-state index contributed by atoms with van der Waals surface area (Å²) in [5, 5.41) is 6.68. The molecule has 3 rings (SSSR count). The molecule has 0 saturated carbocycles. The first-order chi connectivity index (χ1) is 17.6. The van der Waals surface area contributed by atoms with Gasteiger partial charge in [-0.1, -0.05) is 41.9 Å². The number of nitrogens with one attached hydrogen (secondary N) is 2. The van der Waals surface area contributed by atoms with Crippen molar-refractivity contribution >= 4 is 62.4 Å². The predicted octanol–water partition coefficient (Wildman–Crippen LogP) is 6.21. The molecule has 1 amide bonds. The molecule has 0 aliphatic rings. The monoisotopic (exact) mass is 606 g/mol. The molecule has 9 heteroatoms. The SMILES string of the molecule is CNc1ccc(N(C)CCCN(C)C)c(Cl)c1.C[C@](C=O)(Cc1ccccc1)NC(=O)c1ccc(Br)s1. The molecule has 2 N–H and O–H groups in total. The molecular weight excluding hydrogens is 572 g/mol. The number of thiophene rings is 1. The molecule has 3 aromatic rings. The highest BCUT2D eigenvalue weighted by molar-refractivity contribution is 9.11. The highest BCUT2D eigenvalue weighted by atomic mass is 79.9. The summed E-state index contributed by atoms with van der Waals surface area (Å²) >= 11 is 10.9. The average Bonchev–Trinajstić information content (AvgIpc) is 3.31. The fraction of sp³-hybridized carbons (Fsp3) is 0.357. The molecule has 0 aliphatic carbocycles. The van der Waals surface area contributed by atoms with E-state index in [1.54, 1.807) is 13.0 Å². The summed E-state index contributed by atoms with van der Waals surface area (Å²) in [6, 6.07) is 19.2. The van der Waals surface area contributed by atoms with Crippen molar-refractivity contribution in [1.29, 1.82) is 0 Å². The van der Waals surface area contributed by atoms with Gasteiger partial charge in [0, 0.05) is 32.7 Å². The predicted molar refractivity (Wildman–Crippen MR) is 162 cm³/mol. The van der Waals surface area contributed by atoms with Crippen molar-refractivity contribution < 1.29 is 9.59 Å². The fourth-order valence-electron chi connectivity index (χ4n) is 3.61. The number of amides is 1. The van der Waals surface area contributed by atoms with Crippen molar-refractivity contribution in [2.45, 2.75) is 25.3 Å². The summed E-state index contributed by atoms with van der Waals surface area (Å²) in [5.74, 6) is -0.230. The number of carbonyl (C=O) groups excluding carboxylic acids is 2. The third-order valence-corrected chi connectivity index (χ3v) is 7.54. The number of hydrogen-bond acceptors (Lipinski definition) is 6. The van der Waals surface area contributed by atoms with Gasteiger partial charge in [0.15, 0.2) is 0 Å². The second-order valence-electron chi connectivity index (χ2n) is 9.25. The van der Waals surface area contributed by atoms with Gasteiger partial charge in [-0.25, -0.2) is 0 Å². The molecule has 1 heterocycles. The van der Waals surface area contributed by atoms with Gasteiger partial charge in [-0.2, -0.15) is 0 Å². The lowest BCUT2D eigenvalue weighted by Crippen LogP contribution is -2.48. The number of anilines is 2. The first kappa shape index (κ1) is 30.8. The Hall–Kier alpha value is -2.39. The van der Waals surface area contributed by atoms with Crippen molar-refractivity contribution in [3.05, 3.63) is 79.9 Å². The maximum atomic E-state index is 12.1. The van der Waals surface area contributed by atoms with Crippen molar-refractivity contribution in [3.8, 4) is 0 Å². The van der Waals surface area contributed by atoms with Crippen molar-refractivity contribution in [2.24, 2.45) is 0 Å². The molecule has 0 aliphatic heterocycles. The lowest BCUT2D eigenvalue weighted by molar-refractivity contribution is -0.112. The number of benzene rings is 2. The molecule has 0 unspecified atom stereocenters. The van der Waals surface area contributed by atoms with E-state index in [-0.39, 0.29) is 5.91 Å². The minimum absolute atomic E-state index is 0.230. The Kier molecular flexibility index (Phi) is 12.6. The summed E-state index contributed by atoms with van der Waals surface area (Å²) in [4.78, 5) is 28.5. The minimum atomic E-state index is -0.908. The molecule has 0 spiro atoms. The van der Waals surface area contributed by atoms with E-state index in [2.05, 4.69) is 63.6 Å². The maximum absolute atomic E-state index is 12.1. The maximum Gasteiger partial charge on any atom is 0.262 e. The van der Waals surface area contributed by atoms with Crippen LogP contribution >= 0.6 is 38.9 Å². The van der Waals surface area contributed by atoms with E-state index in [9.17, 15) is 9.59 Å². The van der Waals surface area contributed by atoms with Crippen LogP contribution in [0.15, 0.2) is 64.5 Å². The first-order valence-corrected chi connectivity index (χ1v) is 14.0. The third-order valence-electron chi connectivity index (χ3n) is 5.62. The zero-order chi connectivity index (χ0) is 27.4. The van der Waals surface area contributed by atoms with Crippen LogP contribution < -0.4 is 15.5 Å². The van der Waals surface area contributed by atoms with Crippen molar-refractivity contribution in [2.75, 3.05) is 51.5 Å². The van der Waals surface area contributed by atoms with E-state index in [0.717, 1.165) is 51.5 Å². The van der Waals surface area contributed by atoms with E-state index in [1.165, 1.54) is 11.3 Å². The van der Waals surface area contributed by atoms with Crippen molar-refractivity contribution in [1.82, 2.24) is 10.2 Å². The Balaban J connectivity index is 0.000000264. The lowest BCUT2D eigenvalue weighted by Gasteiger charge is -2.24. The summed E-state index contributed by atoms with van der Waals surface area (Å²) in [6.07, 6.45) is 2.39. The summed E-state index contributed by atoms with van der Waals surface area (Å²) < 4.78 is 0.888. The van der Waals surface area contributed by atoms with Crippen LogP contribution in [-0.4, -0.2) is 63.9 Å². The highest BCUT2D eigenvalue weighted by Crippen LogP contribution is 2.28. The van der Waals surface area contributed by atoms with Gasteiger partial charge >= 0.3 is 0 Å². The molecule has 2 aromatic carbocycles. The molecule has 37 heavy (non-hydrogen) atoms. The number of aldehydes is 1. The van der Waals surface area contributed by atoms with Gasteiger partial charge in [0.25, 0.3) is 5.91 Å². The topological polar surface area (TPSA) is 64.7 Å². The molecule has 0 radical (unpaired) electrons. The van der Waals surface area contributed by atoms with Crippen LogP contribution in [-0.2, 0) is 11.2 Å². The Morgan fingerprint density at radius 1 is 1.08 bits per heavy atom. The van der Waals surface area contributed by atoms with Gasteiger partial charge in [0.2, 0.25) is 0 Å². The largest absolute Gasteiger partial charge is 0.388 e. The molecule has 0 saturated heterocycles. The first-order valence-electron chi connectivity index (χ1n) is 12.0. The van der Waals surface area contributed by atoms with Gasteiger partial charge in [-0.15, -0.1) is 11.3 Å². The zero-order valence-electron chi connectivity index (χ0n) is 22.1. The Labute approximate surface area is 238 Å². The second kappa shape index (κ2) is 15.1. The Morgan fingerprint density at radius 2 is 1.78 bits per heavy atom. The number of hydrogen-bond donors (Lipinski definition) is 2. The van der Waals surface area contributed by atoms with Crippen LogP contribution in [0.3, 0.4) is 0 Å². The molecule has 1 atom stereocenters. The third kappa shape index (κ3) is 10.5. The molecule has 6 nitrogen and oxygen atoms in total. The molecule has 1 aromatic heterocycles. The van der Waals surface area contributed by atoms with Crippen LogP contribution in [0.2, 0.25) is 5.02 Å². The van der Waals surface area contributed by atoms with E-state index >= 15 is 0 Å². The Bertz CT molecular complexity index is 1140. The minimum Gasteiger partial charge on any atom is -0.388 e. The number of nitrogens with zero attached hydrogens (tertiary/aromatic N) is 2. The number of rotatable bonds is 11. The van der Waals surface area contributed by atoms with Gasteiger partial charge < -0.3 is 25.2 Å². The van der Waals surface area contributed by atoms with Crippen LogP contribution in [0.1, 0.15) is 28.6 Å². The van der Waals surface area contributed by atoms with E-state index in [4.69, 9.17) is 11.6 Å². The quantitative estimate of drug-likeness (QED) is 0.254. The van der Waals surface area contributed by atoms with E-state index in [1.807, 2.05) is 55.6 Å². The summed E-state index contributed by atoms with van der Waals surface area (Å²) in [5.41, 5.74) is 2.23. The standard InChI is InChI=1S/C15H14BrNO2S.C13H22ClN3/c1-15(10-18,9-11-5-3-2-4-6-11)17-14(19)12-7-8-13(16)20-12;1-15-11-6-7-13(12(14)10-11)17(4)9-5-8-16(2)3/h2-8,10H,9H2,1H3,(H,17,19);6-7,10,15H,5,8-9H2,1-4H3/t15-;/m1./s1. The van der Waals surface area contributed by atoms with Crippen LogP contribution in [0.4, 0.5) is 11.4 Å². The Morgan fingerprint density at radius 3 is 2.32 bits per heavy atom. The van der Waals surface area contributed by atoms with E-state index in [0.29, 0.717) is 11.3 Å². The normalized spacial score (nSPS) is 12.2. The number of halogens is 2. The van der Waals surface area contributed by atoms with Gasteiger partial charge in [0.05, 0.1) is 24.9 Å². The second-order valence-corrected chi connectivity index (χ2v) is 12.1. The smallest absolute Gasteiger partial charge is 0.262 e. The van der Waals surface area contributed by atoms with Gasteiger partial charge in [-0.05, 0) is 85.8 Å². The van der Waals surface area contributed by atoms with Crippen LogP contribution in [0, 0.1) is 0 Å². The summed E-state index contributed by atoms with van der Waals surface area (Å²) in [6.45, 7) is 3.83. The summed E-state index contributed by atoms with van der Waals surface area (Å²) in [7, 11) is 8.16. The number of carbonyl (C=O) groups is 2. The average molecular weight is 608 g/mol. The van der Waals surface area contributed by atoms with Crippen LogP contribution in [0.25, 0.3) is 0 Å². The highest BCUT2D eigenvalue weighted by Gasteiger charge is 2.27. The fourth-order valence-corrected chi connectivity index (χ4v) is 5.22. The molecular formula is C28H36BrClN4O2S.